The van der Waals surface area contributed by atoms with Gasteiger partial charge in [-0.2, -0.15) is 5.26 Å². The van der Waals surface area contributed by atoms with Crippen molar-refractivity contribution >= 4 is 15.7 Å². The molecule has 1 atom stereocenters. The molecule has 1 aliphatic rings. The molecule has 2 rings (SSSR count). The van der Waals surface area contributed by atoms with Crippen LogP contribution in [0.4, 0.5) is 0 Å². The molecule has 0 saturated heterocycles. The molecule has 0 N–H and O–H groups in total. The lowest BCUT2D eigenvalue weighted by Gasteiger charge is -2.24. The molecule has 0 bridgehead atoms. The van der Waals surface area contributed by atoms with Crippen molar-refractivity contribution in [3.63, 3.8) is 0 Å². The van der Waals surface area contributed by atoms with E-state index in [0.717, 1.165) is 43.4 Å². The first-order valence-corrected chi connectivity index (χ1v) is 15.7. The zero-order valence-electron chi connectivity index (χ0n) is 24.6. The van der Waals surface area contributed by atoms with E-state index in [4.69, 9.17) is 9.16 Å². The van der Waals surface area contributed by atoms with E-state index in [1.807, 2.05) is 39.0 Å². The highest BCUT2D eigenvalue weighted by Crippen LogP contribution is 2.31. The fourth-order valence-corrected chi connectivity index (χ4v) is 5.59. The van der Waals surface area contributed by atoms with Crippen molar-refractivity contribution in [2.75, 3.05) is 0 Å². The van der Waals surface area contributed by atoms with Crippen LogP contribution in [0.5, 0.6) is 5.75 Å². The maximum Gasteiger partial charge on any atom is 0.338 e. The number of allylic oxidation sites excluding steroid dienone is 4. The first-order chi connectivity index (χ1) is 18.0. The summed E-state index contributed by atoms with van der Waals surface area (Å²) in [6.45, 7) is 12.6. The third-order valence-corrected chi connectivity index (χ3v) is 8.35. The van der Waals surface area contributed by atoms with Gasteiger partial charge in [-0.1, -0.05) is 83.2 Å². The molecule has 0 unspecified atom stereocenters. The van der Waals surface area contributed by atoms with Crippen molar-refractivity contribution in [3.05, 3.63) is 65.3 Å². The number of hydrogen-bond acceptors (Lipinski definition) is 4. The lowest BCUT2D eigenvalue weighted by atomic mass is 9.95. The molecule has 4 nitrogen and oxygen atoms in total. The average Bonchev–Trinajstić information content (AvgIpc) is 2.87. The fourth-order valence-electron chi connectivity index (χ4n) is 4.44. The molecule has 0 radical (unpaired) electrons. The monoisotopic (exact) mass is 535 g/mol. The maximum atomic E-state index is 12.2. The van der Waals surface area contributed by atoms with Crippen molar-refractivity contribution in [3.8, 4) is 11.8 Å². The number of unbranched alkanes of at least 4 members (excludes halogenated alkanes) is 4. The summed E-state index contributed by atoms with van der Waals surface area (Å²) in [4.78, 5) is 12.2. The minimum Gasteiger partial charge on any atom is -0.549 e. The van der Waals surface area contributed by atoms with Gasteiger partial charge in [-0.05, 0) is 87.3 Å². The molecule has 1 aromatic rings. The minimum atomic E-state index is -0.614. The second-order valence-electron chi connectivity index (χ2n) is 12.3. The summed E-state index contributed by atoms with van der Waals surface area (Å²) in [5.74, 6) is 0.618. The Labute approximate surface area is 234 Å². The van der Waals surface area contributed by atoms with Crippen LogP contribution >= 0.6 is 0 Å². The van der Waals surface area contributed by atoms with Crippen LogP contribution in [0.25, 0.3) is 0 Å². The van der Waals surface area contributed by atoms with Gasteiger partial charge in [-0.3, -0.25) is 0 Å². The zero-order valence-corrected chi connectivity index (χ0v) is 26.1. The number of hydrogen-bond donors (Lipinski definition) is 0. The van der Waals surface area contributed by atoms with Crippen molar-refractivity contribution in [1.82, 2.24) is 0 Å². The standard InChI is InChI=1S/C33H49NO3Si/c1-7-8-12-23-33(5,6)38-37-30-21-17-26(18-22-30)13-10-9-11-14-28(25-34)24-27-15-19-29(20-16-27)31(35)36-32(2,3)4/h15,17-22,24,28H,7-14,16,23,38H2,1-6H3/t28-/m1/s1. The number of benzene rings is 1. The minimum absolute atomic E-state index is 0.0991. The van der Waals surface area contributed by atoms with Gasteiger partial charge >= 0.3 is 5.97 Å². The summed E-state index contributed by atoms with van der Waals surface area (Å²) < 4.78 is 11.6. The third-order valence-electron chi connectivity index (χ3n) is 6.74. The molecule has 1 aliphatic carbocycles. The van der Waals surface area contributed by atoms with Crippen LogP contribution in [0.2, 0.25) is 5.04 Å². The predicted molar refractivity (Wildman–Crippen MR) is 161 cm³/mol. The molecule has 0 amide bonds. The van der Waals surface area contributed by atoms with E-state index in [0.29, 0.717) is 17.0 Å². The third kappa shape index (κ3) is 12.8. The molecule has 0 aliphatic heterocycles. The Hall–Kier alpha value is -2.58. The van der Waals surface area contributed by atoms with E-state index < -0.39 is 15.4 Å². The van der Waals surface area contributed by atoms with E-state index in [1.54, 1.807) is 6.08 Å². The van der Waals surface area contributed by atoms with Gasteiger partial charge in [0.15, 0.2) is 0 Å². The number of carbonyl (C=O) groups excluding carboxylic acids is 1. The summed E-state index contributed by atoms with van der Waals surface area (Å²) in [5.41, 5.74) is 2.51. The van der Waals surface area contributed by atoms with Crippen LogP contribution in [0, 0.1) is 17.2 Å². The Bertz CT molecular complexity index is 1010. The number of nitriles is 1. The van der Waals surface area contributed by atoms with E-state index >= 15 is 0 Å². The fraction of sp³-hybridized carbons (Fsp3) is 0.576. The average molecular weight is 536 g/mol. The predicted octanol–water partition coefficient (Wildman–Crippen LogP) is 8.33. The highest BCUT2D eigenvalue weighted by Gasteiger charge is 2.20. The lowest BCUT2D eigenvalue weighted by Crippen LogP contribution is -2.24. The molecule has 1 aromatic carbocycles. The molecule has 38 heavy (non-hydrogen) atoms. The van der Waals surface area contributed by atoms with Crippen LogP contribution in [-0.4, -0.2) is 21.3 Å². The SMILES string of the molecule is CCCCCC(C)(C)[SiH2]Oc1ccc(CCCCC[C@@H](C#N)C=C2C=CC(C(=O)OC(C)(C)C)=CC2)cc1. The summed E-state index contributed by atoms with van der Waals surface area (Å²) >= 11 is 0. The number of nitrogens with zero attached hydrogens (tertiary/aromatic N) is 1. The quantitative estimate of drug-likeness (QED) is 0.129. The Balaban J connectivity index is 1.68. The van der Waals surface area contributed by atoms with E-state index in [2.05, 4.69) is 51.1 Å². The van der Waals surface area contributed by atoms with Crippen LogP contribution in [0.15, 0.2) is 59.7 Å². The topological polar surface area (TPSA) is 59.3 Å². The van der Waals surface area contributed by atoms with Gasteiger partial charge in [-0.25, -0.2) is 4.79 Å². The van der Waals surface area contributed by atoms with E-state index in [-0.39, 0.29) is 11.9 Å². The van der Waals surface area contributed by atoms with Crippen molar-refractivity contribution in [1.29, 1.82) is 5.26 Å². The first-order valence-electron chi connectivity index (χ1n) is 14.4. The van der Waals surface area contributed by atoms with Gasteiger partial charge in [0.1, 0.15) is 11.4 Å². The van der Waals surface area contributed by atoms with E-state index in [9.17, 15) is 10.1 Å². The summed E-state index contributed by atoms with van der Waals surface area (Å²) in [6, 6.07) is 11.1. The smallest absolute Gasteiger partial charge is 0.338 e. The molecule has 0 heterocycles. The molecule has 208 valence electrons. The van der Waals surface area contributed by atoms with Gasteiger partial charge in [0.05, 0.1) is 17.6 Å². The highest BCUT2D eigenvalue weighted by atomic mass is 28.2. The number of ether oxygens (including phenoxy) is 1. The lowest BCUT2D eigenvalue weighted by molar-refractivity contribution is -0.149. The highest BCUT2D eigenvalue weighted by molar-refractivity contribution is 6.33. The normalized spacial score (nSPS) is 15.9. The summed E-state index contributed by atoms with van der Waals surface area (Å²) in [6.07, 6.45) is 18.7. The van der Waals surface area contributed by atoms with Crippen LogP contribution in [0.3, 0.4) is 0 Å². The Morgan fingerprint density at radius 3 is 2.39 bits per heavy atom. The number of esters is 1. The Morgan fingerprint density at radius 2 is 1.79 bits per heavy atom. The molecule has 0 spiro atoms. The molecular formula is C33H49NO3Si. The van der Waals surface area contributed by atoms with Gasteiger partial charge in [0.25, 0.3) is 0 Å². The van der Waals surface area contributed by atoms with Crippen molar-refractivity contribution in [2.45, 2.75) is 116 Å². The first kappa shape index (κ1) is 31.6. The molecular weight excluding hydrogens is 486 g/mol. The van der Waals surface area contributed by atoms with E-state index in [1.165, 1.54) is 31.2 Å². The van der Waals surface area contributed by atoms with Crippen LogP contribution < -0.4 is 4.43 Å². The largest absolute Gasteiger partial charge is 0.549 e. The number of carbonyl (C=O) groups is 1. The van der Waals surface area contributed by atoms with Gasteiger partial charge < -0.3 is 9.16 Å². The molecule has 0 saturated carbocycles. The molecule has 0 aromatic heterocycles. The van der Waals surface area contributed by atoms with Crippen LogP contribution in [-0.2, 0) is 16.0 Å². The van der Waals surface area contributed by atoms with Gasteiger partial charge in [-0.15, -0.1) is 0 Å². The zero-order chi connectivity index (χ0) is 28.0. The second-order valence-corrected chi connectivity index (χ2v) is 14.8. The number of aryl methyl sites for hydroxylation is 1. The summed E-state index contributed by atoms with van der Waals surface area (Å²) in [7, 11) is -0.614. The van der Waals surface area contributed by atoms with Crippen molar-refractivity contribution < 1.29 is 14.0 Å². The van der Waals surface area contributed by atoms with Crippen LogP contribution in [0.1, 0.15) is 105 Å². The Kier molecular flexibility index (Phi) is 13.1. The number of rotatable bonds is 15. The Morgan fingerprint density at radius 1 is 1.05 bits per heavy atom. The van der Waals surface area contributed by atoms with Gasteiger partial charge in [0.2, 0.25) is 9.76 Å². The van der Waals surface area contributed by atoms with Crippen molar-refractivity contribution in [2.24, 2.45) is 5.92 Å². The second kappa shape index (κ2) is 15.7. The van der Waals surface area contributed by atoms with Gasteiger partial charge in [0, 0.05) is 0 Å². The maximum absolute atomic E-state index is 12.2. The summed E-state index contributed by atoms with van der Waals surface area (Å²) in [5, 5.41) is 9.96. The molecule has 5 heteroatoms. The molecule has 0 fully saturated rings.